The average molecular weight is 462 g/mol. The normalized spacial score (nSPS) is 13.1. The Morgan fingerprint density at radius 2 is 1.57 bits per heavy atom. The van der Waals surface area contributed by atoms with Crippen molar-refractivity contribution in [1.82, 2.24) is 5.32 Å². The second-order valence-electron chi connectivity index (χ2n) is 8.22. The molecule has 1 rings (SSSR count). The molecule has 0 aliphatic heterocycles. The predicted octanol–water partition coefficient (Wildman–Crippen LogP) is 3.19. The first-order valence-electron chi connectivity index (χ1n) is 10.1. The quantitative estimate of drug-likeness (QED) is 0.258. The average Bonchev–Trinajstić information content (AvgIpc) is 2.61. The van der Waals surface area contributed by atoms with Gasteiger partial charge in [-0.05, 0) is 32.0 Å². The molecule has 1 unspecified atom stereocenters. The SMILES string of the molecule is Cc1ccc(S(=O)(=O)OCCOCCOCCNC(=O)OC(C)C[Si](C)(C)C)cc1. The summed E-state index contributed by atoms with van der Waals surface area (Å²) in [6.07, 6.45) is -0.532. The predicted molar refractivity (Wildman–Crippen MR) is 118 cm³/mol. The Kier molecular flexibility index (Phi) is 11.6. The Bertz CT molecular complexity index is 733. The molecule has 1 aromatic carbocycles. The van der Waals surface area contributed by atoms with Gasteiger partial charge in [0.2, 0.25) is 0 Å². The Morgan fingerprint density at radius 1 is 1.00 bits per heavy atom. The minimum absolute atomic E-state index is 0.0702. The molecule has 0 spiro atoms. The molecule has 8 nitrogen and oxygen atoms in total. The van der Waals surface area contributed by atoms with E-state index < -0.39 is 24.3 Å². The van der Waals surface area contributed by atoms with E-state index in [0.29, 0.717) is 26.4 Å². The Labute approximate surface area is 181 Å². The molecule has 0 bridgehead atoms. The fraction of sp³-hybridized carbons (Fsp3) is 0.650. The Balaban J connectivity index is 2.02. The number of benzene rings is 1. The summed E-state index contributed by atoms with van der Waals surface area (Å²) in [5.74, 6) is 0. The maximum Gasteiger partial charge on any atom is 0.407 e. The molecule has 0 fully saturated rings. The molecule has 0 radical (unpaired) electrons. The van der Waals surface area contributed by atoms with Crippen LogP contribution in [0.5, 0.6) is 0 Å². The van der Waals surface area contributed by atoms with Crippen molar-refractivity contribution in [2.24, 2.45) is 0 Å². The number of carbonyl (C=O) groups is 1. The molecule has 0 aliphatic rings. The number of hydrogen-bond donors (Lipinski definition) is 1. The van der Waals surface area contributed by atoms with E-state index in [1.54, 1.807) is 12.1 Å². The fourth-order valence-electron chi connectivity index (χ4n) is 2.65. The van der Waals surface area contributed by atoms with E-state index in [0.717, 1.165) is 11.6 Å². The maximum absolute atomic E-state index is 12.0. The molecule has 1 N–H and O–H groups in total. The van der Waals surface area contributed by atoms with E-state index in [9.17, 15) is 13.2 Å². The second kappa shape index (κ2) is 13.1. The minimum Gasteiger partial charge on any atom is -0.447 e. The van der Waals surface area contributed by atoms with Crippen LogP contribution in [0.1, 0.15) is 12.5 Å². The van der Waals surface area contributed by atoms with Crippen LogP contribution in [0.25, 0.3) is 0 Å². The number of hydrogen-bond acceptors (Lipinski definition) is 7. The van der Waals surface area contributed by atoms with E-state index in [1.165, 1.54) is 12.1 Å². The van der Waals surface area contributed by atoms with Crippen LogP contribution in [0, 0.1) is 6.92 Å². The Hall–Kier alpha value is -1.46. The van der Waals surface area contributed by atoms with E-state index in [-0.39, 0.29) is 24.2 Å². The lowest BCUT2D eigenvalue weighted by Crippen LogP contribution is -2.34. The lowest BCUT2D eigenvalue weighted by Gasteiger charge is -2.21. The highest BCUT2D eigenvalue weighted by atomic mass is 32.2. The highest BCUT2D eigenvalue weighted by molar-refractivity contribution is 7.86. The summed E-state index contributed by atoms with van der Waals surface area (Å²) in [5.41, 5.74) is 0.973. The molecule has 1 amide bonds. The van der Waals surface area contributed by atoms with Crippen molar-refractivity contribution in [2.45, 2.75) is 50.5 Å². The third-order valence-corrected chi connectivity index (χ3v) is 7.00. The van der Waals surface area contributed by atoms with Gasteiger partial charge in [-0.3, -0.25) is 4.18 Å². The zero-order valence-electron chi connectivity index (χ0n) is 18.6. The molecule has 172 valence electrons. The zero-order valence-corrected chi connectivity index (χ0v) is 20.4. The Morgan fingerprint density at radius 3 is 2.17 bits per heavy atom. The molecule has 30 heavy (non-hydrogen) atoms. The van der Waals surface area contributed by atoms with Crippen LogP contribution in [-0.2, 0) is 28.5 Å². The van der Waals surface area contributed by atoms with E-state index >= 15 is 0 Å². The summed E-state index contributed by atoms with van der Waals surface area (Å²) >= 11 is 0. The molecule has 0 heterocycles. The number of rotatable bonds is 14. The summed E-state index contributed by atoms with van der Waals surface area (Å²) in [4.78, 5) is 11.8. The van der Waals surface area contributed by atoms with Gasteiger partial charge in [0.05, 0.1) is 44.0 Å². The molecular formula is C20H35NO7SSi. The van der Waals surface area contributed by atoms with Gasteiger partial charge in [-0.2, -0.15) is 8.42 Å². The van der Waals surface area contributed by atoms with Gasteiger partial charge in [-0.1, -0.05) is 37.3 Å². The summed E-state index contributed by atoms with van der Waals surface area (Å²) in [6.45, 7) is 11.8. The number of alkyl carbamates (subject to hydrolysis) is 1. The molecule has 0 saturated carbocycles. The van der Waals surface area contributed by atoms with Crippen molar-refractivity contribution in [3.63, 3.8) is 0 Å². The van der Waals surface area contributed by atoms with Crippen molar-refractivity contribution in [3.8, 4) is 0 Å². The molecule has 0 aromatic heterocycles. The van der Waals surface area contributed by atoms with Gasteiger partial charge in [0.25, 0.3) is 10.1 Å². The van der Waals surface area contributed by atoms with E-state index in [1.807, 2.05) is 13.8 Å². The second-order valence-corrected chi connectivity index (χ2v) is 15.4. The van der Waals surface area contributed by atoms with Gasteiger partial charge in [0.1, 0.15) is 0 Å². The van der Waals surface area contributed by atoms with Crippen LogP contribution < -0.4 is 5.32 Å². The highest BCUT2D eigenvalue weighted by Gasteiger charge is 2.20. The van der Waals surface area contributed by atoms with Crippen molar-refractivity contribution in [2.75, 3.05) is 39.6 Å². The number of nitrogens with one attached hydrogen (secondary N) is 1. The summed E-state index contributed by atoms with van der Waals surface area (Å²) in [6, 6.07) is 7.37. The first-order valence-corrected chi connectivity index (χ1v) is 15.2. The van der Waals surface area contributed by atoms with E-state index in [2.05, 4.69) is 25.0 Å². The first kappa shape index (κ1) is 26.6. The third-order valence-electron chi connectivity index (χ3n) is 3.87. The van der Waals surface area contributed by atoms with Crippen LogP contribution in [0.2, 0.25) is 25.7 Å². The van der Waals surface area contributed by atoms with Gasteiger partial charge < -0.3 is 19.5 Å². The summed E-state index contributed by atoms with van der Waals surface area (Å²) in [5, 5.41) is 2.65. The number of amides is 1. The minimum atomic E-state index is -3.77. The largest absolute Gasteiger partial charge is 0.447 e. The zero-order chi connectivity index (χ0) is 22.6. The smallest absolute Gasteiger partial charge is 0.407 e. The van der Waals surface area contributed by atoms with Crippen molar-refractivity contribution in [3.05, 3.63) is 29.8 Å². The summed E-state index contributed by atoms with van der Waals surface area (Å²) < 4.78 is 44.9. The van der Waals surface area contributed by atoms with Crippen molar-refractivity contribution < 1.29 is 31.6 Å². The van der Waals surface area contributed by atoms with Crippen LogP contribution in [0.4, 0.5) is 4.79 Å². The lowest BCUT2D eigenvalue weighted by atomic mass is 10.2. The molecular weight excluding hydrogens is 426 g/mol. The highest BCUT2D eigenvalue weighted by Crippen LogP contribution is 2.14. The fourth-order valence-corrected chi connectivity index (χ4v) is 5.35. The van der Waals surface area contributed by atoms with Gasteiger partial charge in [-0.25, -0.2) is 4.79 Å². The van der Waals surface area contributed by atoms with Crippen LogP contribution >= 0.6 is 0 Å². The van der Waals surface area contributed by atoms with Crippen molar-refractivity contribution in [1.29, 1.82) is 0 Å². The standard InChI is InChI=1S/C20H35NO7SSi/c1-17-6-8-19(9-7-17)29(23,24)27-15-14-26-13-12-25-11-10-21-20(22)28-18(2)16-30(3,4)5/h6-9,18H,10-16H2,1-5H3,(H,21,22). The monoisotopic (exact) mass is 461 g/mol. The van der Waals surface area contributed by atoms with Crippen LogP contribution in [0.15, 0.2) is 29.2 Å². The topological polar surface area (TPSA) is 100 Å². The molecule has 10 heteroatoms. The number of ether oxygens (including phenoxy) is 3. The van der Waals surface area contributed by atoms with Gasteiger partial charge in [-0.15, -0.1) is 0 Å². The first-order chi connectivity index (χ1) is 14.0. The van der Waals surface area contributed by atoms with Crippen LogP contribution in [0.3, 0.4) is 0 Å². The number of carbonyl (C=O) groups excluding carboxylic acids is 1. The van der Waals surface area contributed by atoms with Gasteiger partial charge in [0, 0.05) is 14.6 Å². The summed E-state index contributed by atoms with van der Waals surface area (Å²) in [7, 11) is -5.04. The third kappa shape index (κ3) is 12.3. The molecule has 1 aromatic rings. The van der Waals surface area contributed by atoms with Crippen molar-refractivity contribution >= 4 is 24.3 Å². The van der Waals surface area contributed by atoms with Crippen LogP contribution in [-0.4, -0.2) is 68.3 Å². The number of aryl methyl sites for hydroxylation is 1. The van der Waals surface area contributed by atoms with Gasteiger partial charge >= 0.3 is 6.09 Å². The van der Waals surface area contributed by atoms with E-state index in [4.69, 9.17) is 18.4 Å². The van der Waals surface area contributed by atoms with Gasteiger partial charge in [0.15, 0.2) is 0 Å². The molecule has 0 saturated heterocycles. The molecule has 1 atom stereocenters. The molecule has 0 aliphatic carbocycles. The maximum atomic E-state index is 12.0. The lowest BCUT2D eigenvalue weighted by molar-refractivity contribution is 0.0373.